The topological polar surface area (TPSA) is 12.0 Å². The third-order valence-corrected chi connectivity index (χ3v) is 3.46. The van der Waals surface area contributed by atoms with Crippen LogP contribution < -0.4 is 5.32 Å². The first kappa shape index (κ1) is 12.3. The van der Waals surface area contributed by atoms with Crippen LogP contribution in [0.5, 0.6) is 0 Å². The van der Waals surface area contributed by atoms with Gasteiger partial charge >= 0.3 is 0 Å². The highest BCUT2D eigenvalue weighted by Gasteiger charge is 2.13. The van der Waals surface area contributed by atoms with E-state index in [1.165, 1.54) is 4.88 Å². The molecule has 1 rings (SSSR count). The van der Waals surface area contributed by atoms with E-state index >= 15 is 0 Å². The molecule has 2 unspecified atom stereocenters. The van der Waals surface area contributed by atoms with E-state index in [-0.39, 0.29) is 6.04 Å². The largest absolute Gasteiger partial charge is 0.296 e. The molecule has 1 aromatic heterocycles. The van der Waals surface area contributed by atoms with Gasteiger partial charge in [-0.3, -0.25) is 5.32 Å². The average Bonchev–Trinajstić information content (AvgIpc) is 2.77. The fraction of sp³-hybridized carbons (Fsp3) is 0.538. The first-order chi connectivity index (χ1) is 7.31. The number of hydrogen-bond acceptors (Lipinski definition) is 2. The Labute approximate surface area is 96.9 Å². The van der Waals surface area contributed by atoms with E-state index in [2.05, 4.69) is 42.6 Å². The standard InChI is InChI=1S/C13H19NS/c1-4-8-11(5-2)14-12(6-3)13-9-7-10-15-13/h2,7,9-12,14H,4,6,8H2,1,3H3. The molecule has 82 valence electrons. The van der Waals surface area contributed by atoms with Gasteiger partial charge < -0.3 is 0 Å². The lowest BCUT2D eigenvalue weighted by molar-refractivity contribution is 0.465. The van der Waals surface area contributed by atoms with E-state index in [1.807, 2.05) is 0 Å². The summed E-state index contributed by atoms with van der Waals surface area (Å²) in [5.74, 6) is 2.82. The number of thiophene rings is 1. The van der Waals surface area contributed by atoms with Crippen molar-refractivity contribution in [2.24, 2.45) is 0 Å². The molecule has 0 spiro atoms. The lowest BCUT2D eigenvalue weighted by Gasteiger charge is -2.20. The van der Waals surface area contributed by atoms with Gasteiger partial charge in [0.05, 0.1) is 6.04 Å². The SMILES string of the molecule is C#CC(CCC)NC(CC)c1cccs1. The molecule has 1 nitrogen and oxygen atoms in total. The van der Waals surface area contributed by atoms with Crippen LogP contribution in [0.1, 0.15) is 44.0 Å². The quantitative estimate of drug-likeness (QED) is 0.724. The minimum Gasteiger partial charge on any atom is -0.296 e. The average molecular weight is 221 g/mol. The molecule has 1 N–H and O–H groups in total. The van der Waals surface area contributed by atoms with E-state index in [1.54, 1.807) is 11.3 Å². The third-order valence-electron chi connectivity index (χ3n) is 2.48. The zero-order valence-electron chi connectivity index (χ0n) is 9.49. The van der Waals surface area contributed by atoms with Gasteiger partial charge in [0.2, 0.25) is 0 Å². The van der Waals surface area contributed by atoms with Crippen molar-refractivity contribution in [1.29, 1.82) is 0 Å². The van der Waals surface area contributed by atoms with E-state index in [9.17, 15) is 0 Å². The fourth-order valence-corrected chi connectivity index (χ4v) is 2.51. The summed E-state index contributed by atoms with van der Waals surface area (Å²) in [6, 6.07) is 4.89. The molecule has 0 saturated heterocycles. The monoisotopic (exact) mass is 221 g/mol. The van der Waals surface area contributed by atoms with Crippen LogP contribution in [-0.4, -0.2) is 6.04 Å². The summed E-state index contributed by atoms with van der Waals surface area (Å²) in [6.45, 7) is 4.36. The molecule has 0 bridgehead atoms. The second-order valence-electron chi connectivity index (χ2n) is 3.65. The Morgan fingerprint density at radius 2 is 2.33 bits per heavy atom. The Balaban J connectivity index is 2.57. The van der Waals surface area contributed by atoms with Crippen molar-refractivity contribution < 1.29 is 0 Å². The molecule has 0 aromatic carbocycles. The summed E-state index contributed by atoms with van der Waals surface area (Å²) >= 11 is 1.80. The Morgan fingerprint density at radius 3 is 2.80 bits per heavy atom. The Morgan fingerprint density at radius 1 is 1.53 bits per heavy atom. The first-order valence-electron chi connectivity index (χ1n) is 5.57. The second kappa shape index (κ2) is 6.66. The van der Waals surface area contributed by atoms with Crippen molar-refractivity contribution in [3.63, 3.8) is 0 Å². The van der Waals surface area contributed by atoms with Crippen molar-refractivity contribution in [3.05, 3.63) is 22.4 Å². The maximum absolute atomic E-state index is 5.51. The van der Waals surface area contributed by atoms with Crippen molar-refractivity contribution in [1.82, 2.24) is 5.32 Å². The smallest absolute Gasteiger partial charge is 0.0691 e. The summed E-state index contributed by atoms with van der Waals surface area (Å²) in [5.41, 5.74) is 0. The number of nitrogens with one attached hydrogen (secondary N) is 1. The van der Waals surface area contributed by atoms with E-state index in [0.717, 1.165) is 19.3 Å². The number of rotatable bonds is 6. The second-order valence-corrected chi connectivity index (χ2v) is 4.63. The zero-order valence-corrected chi connectivity index (χ0v) is 10.3. The van der Waals surface area contributed by atoms with Crippen molar-refractivity contribution in [3.8, 4) is 12.3 Å². The third kappa shape index (κ3) is 3.70. The summed E-state index contributed by atoms with van der Waals surface area (Å²) in [7, 11) is 0. The fourth-order valence-electron chi connectivity index (χ4n) is 1.64. The first-order valence-corrected chi connectivity index (χ1v) is 6.45. The molecule has 2 atom stereocenters. The molecule has 0 radical (unpaired) electrons. The van der Waals surface area contributed by atoms with Crippen LogP contribution in [0.25, 0.3) is 0 Å². The normalized spacial score (nSPS) is 14.5. The lowest BCUT2D eigenvalue weighted by Crippen LogP contribution is -2.30. The molecule has 1 heterocycles. The molecule has 0 saturated carbocycles. The highest BCUT2D eigenvalue weighted by molar-refractivity contribution is 7.10. The Hall–Kier alpha value is -0.780. The van der Waals surface area contributed by atoms with Crippen LogP contribution >= 0.6 is 11.3 Å². The molecular weight excluding hydrogens is 202 g/mol. The zero-order chi connectivity index (χ0) is 11.1. The lowest BCUT2D eigenvalue weighted by atomic mass is 10.1. The van der Waals surface area contributed by atoms with Crippen LogP contribution in [0.3, 0.4) is 0 Å². The molecule has 0 aliphatic heterocycles. The van der Waals surface area contributed by atoms with Crippen LogP contribution in [0.15, 0.2) is 17.5 Å². The van der Waals surface area contributed by atoms with Gasteiger partial charge in [-0.2, -0.15) is 0 Å². The van der Waals surface area contributed by atoms with Gasteiger partial charge in [-0.1, -0.05) is 32.3 Å². The van der Waals surface area contributed by atoms with Gasteiger partial charge in [0.25, 0.3) is 0 Å². The van der Waals surface area contributed by atoms with Gasteiger partial charge in [0, 0.05) is 10.9 Å². The maximum Gasteiger partial charge on any atom is 0.0691 e. The molecule has 1 aromatic rings. The molecule has 0 fully saturated rings. The van der Waals surface area contributed by atoms with Gasteiger partial charge in [0.15, 0.2) is 0 Å². The molecule has 0 aliphatic rings. The van der Waals surface area contributed by atoms with Crippen LogP contribution in [0, 0.1) is 12.3 Å². The molecular formula is C13H19NS. The molecule has 0 amide bonds. The van der Waals surface area contributed by atoms with Gasteiger partial charge in [-0.05, 0) is 24.3 Å². The number of hydrogen-bond donors (Lipinski definition) is 1. The van der Waals surface area contributed by atoms with Crippen molar-refractivity contribution >= 4 is 11.3 Å². The molecule has 0 aliphatic carbocycles. The van der Waals surface area contributed by atoms with E-state index in [4.69, 9.17) is 6.42 Å². The van der Waals surface area contributed by atoms with Crippen LogP contribution in [-0.2, 0) is 0 Å². The maximum atomic E-state index is 5.51. The van der Waals surface area contributed by atoms with Gasteiger partial charge in [-0.25, -0.2) is 0 Å². The minimum absolute atomic E-state index is 0.210. The van der Waals surface area contributed by atoms with Crippen LogP contribution in [0.4, 0.5) is 0 Å². The Bertz CT molecular complexity index is 297. The summed E-state index contributed by atoms with van der Waals surface area (Å²) in [5, 5.41) is 5.65. The van der Waals surface area contributed by atoms with Gasteiger partial charge in [-0.15, -0.1) is 17.8 Å². The summed E-state index contributed by atoms with van der Waals surface area (Å²) < 4.78 is 0. The van der Waals surface area contributed by atoms with Gasteiger partial charge in [0.1, 0.15) is 0 Å². The predicted octanol–water partition coefficient (Wildman–Crippen LogP) is 3.59. The van der Waals surface area contributed by atoms with E-state index < -0.39 is 0 Å². The predicted molar refractivity (Wildman–Crippen MR) is 68.0 cm³/mol. The Kier molecular flexibility index (Phi) is 5.45. The van der Waals surface area contributed by atoms with E-state index in [0.29, 0.717) is 6.04 Å². The van der Waals surface area contributed by atoms with Crippen molar-refractivity contribution in [2.75, 3.05) is 0 Å². The van der Waals surface area contributed by atoms with Crippen molar-refractivity contribution in [2.45, 2.75) is 45.2 Å². The van der Waals surface area contributed by atoms with Crippen LogP contribution in [0.2, 0.25) is 0 Å². The number of terminal acetylenes is 1. The summed E-state index contributed by atoms with van der Waals surface area (Å²) in [6.07, 6.45) is 8.77. The summed E-state index contributed by atoms with van der Waals surface area (Å²) in [4.78, 5) is 1.38. The highest BCUT2D eigenvalue weighted by atomic mass is 32.1. The highest BCUT2D eigenvalue weighted by Crippen LogP contribution is 2.22. The minimum atomic E-state index is 0.210. The molecule has 2 heteroatoms. The molecule has 15 heavy (non-hydrogen) atoms.